The van der Waals surface area contributed by atoms with Crippen molar-refractivity contribution in [3.05, 3.63) is 57.8 Å². The first-order chi connectivity index (χ1) is 11.7. The largest absolute Gasteiger partial charge is 0.328 e. The molecule has 0 radical (unpaired) electrons. The molecular formula is C15H13BrN6OS. The Bertz CT molecular complexity index is 878. The molecule has 0 N–H and O–H groups in total. The Balaban J connectivity index is 1.52. The van der Waals surface area contributed by atoms with E-state index in [0.717, 1.165) is 34.3 Å². The summed E-state index contributed by atoms with van der Waals surface area (Å²) in [5.41, 5.74) is 1.56. The number of nitrogens with zero attached hydrogens (tertiary/aromatic N) is 6. The van der Waals surface area contributed by atoms with Crippen LogP contribution in [0.3, 0.4) is 0 Å². The monoisotopic (exact) mass is 404 g/mol. The lowest BCUT2D eigenvalue weighted by Crippen LogP contribution is -2.39. The third-order valence-corrected chi connectivity index (χ3v) is 4.92. The summed E-state index contributed by atoms with van der Waals surface area (Å²) in [6.07, 6.45) is 2.22. The van der Waals surface area contributed by atoms with Crippen LogP contribution in [0.4, 0.5) is 0 Å². The van der Waals surface area contributed by atoms with E-state index in [1.807, 2.05) is 12.1 Å². The normalized spacial score (nSPS) is 13.8. The maximum atomic E-state index is 12.4. The molecule has 0 saturated carbocycles. The first-order valence-electron chi connectivity index (χ1n) is 7.43. The van der Waals surface area contributed by atoms with Gasteiger partial charge in [0, 0.05) is 24.0 Å². The fraction of sp³-hybridized carbons (Fsp3) is 0.267. The molecule has 3 heterocycles. The van der Waals surface area contributed by atoms with Crippen molar-refractivity contribution in [3.63, 3.8) is 0 Å². The van der Waals surface area contributed by atoms with Crippen LogP contribution in [0.5, 0.6) is 0 Å². The summed E-state index contributed by atoms with van der Waals surface area (Å²) in [5.74, 6) is 1.62. The molecule has 0 saturated heterocycles. The predicted octanol–water partition coefficient (Wildman–Crippen LogP) is 2.14. The summed E-state index contributed by atoms with van der Waals surface area (Å²) in [5, 5.41) is 8.58. The second-order valence-electron chi connectivity index (χ2n) is 5.51. The van der Waals surface area contributed by atoms with E-state index in [9.17, 15) is 4.79 Å². The highest BCUT2D eigenvalue weighted by atomic mass is 79.9. The van der Waals surface area contributed by atoms with Crippen LogP contribution < -0.4 is 0 Å². The van der Waals surface area contributed by atoms with E-state index < -0.39 is 0 Å². The van der Waals surface area contributed by atoms with Crippen LogP contribution in [-0.2, 0) is 19.5 Å². The van der Waals surface area contributed by atoms with Gasteiger partial charge < -0.3 is 9.47 Å². The van der Waals surface area contributed by atoms with E-state index >= 15 is 0 Å². The van der Waals surface area contributed by atoms with Gasteiger partial charge in [0.15, 0.2) is 11.5 Å². The van der Waals surface area contributed by atoms with Gasteiger partial charge in [-0.05, 0) is 17.7 Å². The highest BCUT2D eigenvalue weighted by Crippen LogP contribution is 2.18. The zero-order valence-electron chi connectivity index (χ0n) is 12.6. The topological polar surface area (TPSA) is 76.8 Å². The molecule has 24 heavy (non-hydrogen) atoms. The van der Waals surface area contributed by atoms with Gasteiger partial charge in [0.2, 0.25) is 0 Å². The Hall–Kier alpha value is -2.13. The third kappa shape index (κ3) is 2.96. The van der Waals surface area contributed by atoms with E-state index in [-0.39, 0.29) is 5.91 Å². The van der Waals surface area contributed by atoms with Crippen LogP contribution in [-0.4, -0.2) is 40.9 Å². The van der Waals surface area contributed by atoms with Crippen molar-refractivity contribution in [1.29, 1.82) is 0 Å². The summed E-state index contributed by atoms with van der Waals surface area (Å²) in [6, 6.07) is 8.16. The molecule has 2 aromatic heterocycles. The molecule has 0 atom stereocenters. The predicted molar refractivity (Wildman–Crippen MR) is 91.6 cm³/mol. The second-order valence-corrected chi connectivity index (χ2v) is 6.98. The smallest absolute Gasteiger partial charge is 0.275 e. The number of hydrogen-bond donors (Lipinski definition) is 0. The van der Waals surface area contributed by atoms with Gasteiger partial charge in [0.25, 0.3) is 5.91 Å². The maximum absolute atomic E-state index is 12.4. The van der Waals surface area contributed by atoms with Crippen molar-refractivity contribution in [3.8, 4) is 0 Å². The molecule has 3 aromatic rings. The van der Waals surface area contributed by atoms with Gasteiger partial charge in [0.1, 0.15) is 5.82 Å². The lowest BCUT2D eigenvalue weighted by molar-refractivity contribution is 0.0701. The van der Waals surface area contributed by atoms with Crippen LogP contribution >= 0.6 is 27.7 Å². The number of carbonyl (C=O) groups excluding carboxylic acids is 1. The fourth-order valence-electron chi connectivity index (χ4n) is 2.77. The van der Waals surface area contributed by atoms with Crippen LogP contribution in [0.1, 0.15) is 27.7 Å². The van der Waals surface area contributed by atoms with Crippen molar-refractivity contribution in [2.75, 3.05) is 6.54 Å². The minimum Gasteiger partial charge on any atom is -0.328 e. The van der Waals surface area contributed by atoms with E-state index in [0.29, 0.717) is 25.3 Å². The molecule has 1 aromatic carbocycles. The van der Waals surface area contributed by atoms with Crippen LogP contribution in [0.15, 0.2) is 34.9 Å². The zero-order valence-corrected chi connectivity index (χ0v) is 15.0. The fourth-order valence-corrected chi connectivity index (χ4v) is 3.63. The van der Waals surface area contributed by atoms with Crippen molar-refractivity contribution >= 4 is 33.6 Å². The van der Waals surface area contributed by atoms with E-state index in [4.69, 9.17) is 0 Å². The third-order valence-electron chi connectivity index (χ3n) is 3.95. The highest BCUT2D eigenvalue weighted by molar-refractivity contribution is 9.10. The number of carbonyl (C=O) groups is 1. The van der Waals surface area contributed by atoms with Gasteiger partial charge in [-0.25, -0.2) is 0 Å². The molecule has 1 aliphatic rings. The minimum atomic E-state index is -0.105. The molecule has 0 aliphatic carbocycles. The summed E-state index contributed by atoms with van der Waals surface area (Å²) in [6.45, 7) is 1.75. The van der Waals surface area contributed by atoms with Crippen LogP contribution in [0.25, 0.3) is 0 Å². The minimum absolute atomic E-state index is 0.105. The number of amides is 1. The molecule has 9 heteroatoms. The Morgan fingerprint density at radius 1 is 1.29 bits per heavy atom. The average molecular weight is 405 g/mol. The SMILES string of the molecule is O=C(c1cnsn1)N1CCn2c(Cc3cccc(Br)c3)nnc2C1. The summed E-state index contributed by atoms with van der Waals surface area (Å²) in [7, 11) is 0. The average Bonchev–Trinajstić information content (AvgIpc) is 3.24. The quantitative estimate of drug-likeness (QED) is 0.668. The number of benzene rings is 1. The lowest BCUT2D eigenvalue weighted by Gasteiger charge is -2.27. The van der Waals surface area contributed by atoms with Crippen LogP contribution in [0.2, 0.25) is 0 Å². The zero-order chi connectivity index (χ0) is 16.5. The standard InChI is InChI=1S/C15H13BrN6OS/c16-11-3-1-2-10(6-11)7-13-18-19-14-9-21(4-5-22(13)14)15(23)12-8-17-24-20-12/h1-3,6,8H,4-5,7,9H2. The van der Waals surface area contributed by atoms with Crippen molar-refractivity contribution in [2.24, 2.45) is 0 Å². The summed E-state index contributed by atoms with van der Waals surface area (Å²) >= 11 is 4.53. The molecule has 1 aliphatic heterocycles. The van der Waals surface area contributed by atoms with Crippen molar-refractivity contribution in [1.82, 2.24) is 28.4 Å². The molecule has 1 amide bonds. The number of aromatic nitrogens is 5. The van der Waals surface area contributed by atoms with Gasteiger partial charge in [0.05, 0.1) is 24.5 Å². The van der Waals surface area contributed by atoms with Gasteiger partial charge in [-0.15, -0.1) is 10.2 Å². The van der Waals surface area contributed by atoms with Gasteiger partial charge in [-0.2, -0.15) is 8.75 Å². The molecule has 0 unspecified atom stereocenters. The Labute approximate surface area is 150 Å². The lowest BCUT2D eigenvalue weighted by atomic mass is 10.1. The Morgan fingerprint density at radius 2 is 2.21 bits per heavy atom. The first kappa shape index (κ1) is 15.4. The number of hydrogen-bond acceptors (Lipinski definition) is 6. The van der Waals surface area contributed by atoms with Crippen LogP contribution in [0, 0.1) is 0 Å². The molecule has 0 fully saturated rings. The van der Waals surface area contributed by atoms with E-state index in [2.05, 4.69) is 51.6 Å². The van der Waals surface area contributed by atoms with Crippen molar-refractivity contribution in [2.45, 2.75) is 19.5 Å². The van der Waals surface area contributed by atoms with Gasteiger partial charge >= 0.3 is 0 Å². The van der Waals surface area contributed by atoms with Gasteiger partial charge in [-0.1, -0.05) is 28.1 Å². The molecule has 0 bridgehead atoms. The molecule has 0 spiro atoms. The number of rotatable bonds is 3. The van der Waals surface area contributed by atoms with E-state index in [1.165, 1.54) is 11.8 Å². The second kappa shape index (κ2) is 6.40. The summed E-state index contributed by atoms with van der Waals surface area (Å²) < 4.78 is 11.0. The first-order valence-corrected chi connectivity index (χ1v) is 8.95. The molecule has 7 nitrogen and oxygen atoms in total. The Kier molecular flexibility index (Phi) is 4.11. The van der Waals surface area contributed by atoms with Crippen molar-refractivity contribution < 1.29 is 4.79 Å². The molecule has 4 rings (SSSR count). The molecule has 122 valence electrons. The molecular weight excluding hydrogens is 392 g/mol. The number of fused-ring (bicyclic) bond motifs is 1. The van der Waals surface area contributed by atoms with E-state index in [1.54, 1.807) is 4.90 Å². The maximum Gasteiger partial charge on any atom is 0.275 e. The highest BCUT2D eigenvalue weighted by Gasteiger charge is 2.26. The number of halogens is 1. The summed E-state index contributed by atoms with van der Waals surface area (Å²) in [4.78, 5) is 14.1. The Morgan fingerprint density at radius 3 is 3.00 bits per heavy atom. The van der Waals surface area contributed by atoms with Gasteiger partial charge in [-0.3, -0.25) is 4.79 Å².